The van der Waals surface area contributed by atoms with Crippen LogP contribution in [0, 0.1) is 28.6 Å². The van der Waals surface area contributed by atoms with E-state index >= 15 is 0 Å². The second-order valence-electron chi connectivity index (χ2n) is 10.5. The van der Waals surface area contributed by atoms with Crippen LogP contribution in [0.3, 0.4) is 0 Å². The monoisotopic (exact) mass is 426 g/mol. The zero-order valence-corrected chi connectivity index (χ0v) is 19.2. The third kappa shape index (κ3) is 2.74. The number of esters is 2. The number of carbonyl (C=O) groups is 2. The smallest absolute Gasteiger partial charge is 0.321 e. The lowest BCUT2D eigenvalue weighted by Crippen LogP contribution is -2.50. The Bertz CT molecular complexity index is 913. The van der Waals surface area contributed by atoms with Gasteiger partial charge in [-0.3, -0.25) is 9.59 Å². The average molecular weight is 427 g/mol. The molecule has 0 amide bonds. The molecule has 1 saturated heterocycles. The van der Waals surface area contributed by atoms with Gasteiger partial charge in [-0.2, -0.15) is 0 Å². The molecule has 1 spiro atoms. The van der Waals surface area contributed by atoms with Crippen molar-refractivity contribution in [1.82, 2.24) is 0 Å². The lowest BCUT2D eigenvalue weighted by molar-refractivity contribution is -0.164. The van der Waals surface area contributed by atoms with Crippen LogP contribution in [-0.4, -0.2) is 31.3 Å². The number of rotatable bonds is 3. The van der Waals surface area contributed by atoms with Gasteiger partial charge in [0, 0.05) is 23.7 Å². The molecule has 5 aliphatic rings. The van der Waals surface area contributed by atoms with E-state index in [1.807, 2.05) is 0 Å². The number of methoxy groups -OCH3 is 1. The van der Waals surface area contributed by atoms with Crippen LogP contribution in [0.25, 0.3) is 0 Å². The summed E-state index contributed by atoms with van der Waals surface area (Å²) in [5, 5.41) is 0. The second-order valence-corrected chi connectivity index (χ2v) is 10.5. The fraction of sp³-hybridized carbons (Fsp3) is 0.692. The fourth-order valence-corrected chi connectivity index (χ4v) is 7.51. The van der Waals surface area contributed by atoms with Gasteiger partial charge in [-0.25, -0.2) is 0 Å². The van der Waals surface area contributed by atoms with Crippen LogP contribution in [0.1, 0.15) is 65.7 Å². The molecule has 0 radical (unpaired) electrons. The Labute approximate surface area is 184 Å². The normalized spacial score (nSPS) is 43.2. The maximum Gasteiger partial charge on any atom is 0.321 e. The van der Waals surface area contributed by atoms with E-state index in [1.54, 1.807) is 19.6 Å². The topological polar surface area (TPSA) is 61.8 Å². The van der Waals surface area contributed by atoms with E-state index in [0.29, 0.717) is 18.3 Å². The van der Waals surface area contributed by atoms with Crippen molar-refractivity contribution in [2.75, 3.05) is 13.7 Å². The molecule has 5 heteroatoms. The van der Waals surface area contributed by atoms with Gasteiger partial charge in [-0.05, 0) is 62.5 Å². The van der Waals surface area contributed by atoms with Crippen molar-refractivity contribution in [3.8, 4) is 0 Å². The van der Waals surface area contributed by atoms with Gasteiger partial charge in [0.05, 0.1) is 19.5 Å². The van der Waals surface area contributed by atoms with Gasteiger partial charge in [0.2, 0.25) is 0 Å². The molecule has 0 aromatic rings. The van der Waals surface area contributed by atoms with E-state index in [0.717, 1.165) is 44.3 Å². The quantitative estimate of drug-likeness (QED) is 0.366. The van der Waals surface area contributed by atoms with E-state index in [1.165, 1.54) is 5.57 Å². The van der Waals surface area contributed by atoms with Crippen LogP contribution in [-0.2, 0) is 23.8 Å². The van der Waals surface area contributed by atoms with Gasteiger partial charge in [0.25, 0.3) is 0 Å². The zero-order valence-electron chi connectivity index (χ0n) is 19.2. The molecule has 0 N–H and O–H groups in total. The summed E-state index contributed by atoms with van der Waals surface area (Å²) in [7, 11) is 1.76. The number of carbonyl (C=O) groups excluding carboxylic acids is 2. The van der Waals surface area contributed by atoms with Crippen molar-refractivity contribution in [2.24, 2.45) is 28.6 Å². The predicted molar refractivity (Wildman–Crippen MR) is 116 cm³/mol. The molecule has 0 aromatic heterocycles. The molecule has 1 aliphatic heterocycles. The Morgan fingerprint density at radius 3 is 2.81 bits per heavy atom. The molecular formula is C26H34O5. The largest absolute Gasteiger partial charge is 0.501 e. The summed E-state index contributed by atoms with van der Waals surface area (Å²) in [6.45, 7) is 6.75. The summed E-state index contributed by atoms with van der Waals surface area (Å²) in [4.78, 5) is 25.1. The Morgan fingerprint density at radius 1 is 1.26 bits per heavy atom. The molecule has 5 nitrogen and oxygen atoms in total. The van der Waals surface area contributed by atoms with Gasteiger partial charge in [0.1, 0.15) is 5.60 Å². The van der Waals surface area contributed by atoms with Crippen molar-refractivity contribution in [3.63, 3.8) is 0 Å². The number of fused-ring (bicyclic) bond motifs is 6. The molecule has 0 aromatic carbocycles. The van der Waals surface area contributed by atoms with Crippen molar-refractivity contribution < 1.29 is 23.8 Å². The van der Waals surface area contributed by atoms with Crippen molar-refractivity contribution >= 4 is 11.9 Å². The first-order valence-corrected chi connectivity index (χ1v) is 11.8. The molecule has 5 rings (SSSR count). The summed E-state index contributed by atoms with van der Waals surface area (Å²) in [6.07, 6.45) is 13.4. The lowest BCUT2D eigenvalue weighted by atomic mass is 9.51. The molecule has 4 aliphatic carbocycles. The standard InChI is InChI=1S/C26H34O5/c1-5-30-22(27)19-15-26(31-23(19)28)13-10-21-18-7-6-16-14-17(29-4)8-11-24(16,2)20(18)9-12-25(21,26)3/h6,9,14,18-19,21H,5,7-8,10-13,15H2,1-4H3/t18?,19?,21?,24?,25?,26-/m1/s1. The van der Waals surface area contributed by atoms with Crippen LogP contribution in [0.15, 0.2) is 35.1 Å². The van der Waals surface area contributed by atoms with Gasteiger partial charge in [0.15, 0.2) is 5.92 Å². The Morgan fingerprint density at radius 2 is 2.06 bits per heavy atom. The van der Waals surface area contributed by atoms with Crippen LogP contribution >= 0.6 is 0 Å². The zero-order chi connectivity index (χ0) is 22.0. The SMILES string of the molecule is CCOC(=O)C1C[C@@]2(CCC3C4CC=C5C=C(OC)CCC5(C)C4=CCC32C)OC1=O. The van der Waals surface area contributed by atoms with Crippen LogP contribution in [0.5, 0.6) is 0 Å². The minimum Gasteiger partial charge on any atom is -0.501 e. The maximum atomic E-state index is 12.7. The number of allylic oxidation sites excluding steroid dienone is 6. The summed E-state index contributed by atoms with van der Waals surface area (Å²) in [6, 6.07) is 0. The third-order valence-corrected chi connectivity index (χ3v) is 9.35. The highest BCUT2D eigenvalue weighted by Crippen LogP contribution is 2.68. The van der Waals surface area contributed by atoms with E-state index in [9.17, 15) is 9.59 Å². The third-order valence-electron chi connectivity index (χ3n) is 9.35. The highest BCUT2D eigenvalue weighted by Gasteiger charge is 2.67. The summed E-state index contributed by atoms with van der Waals surface area (Å²) >= 11 is 0. The van der Waals surface area contributed by atoms with Gasteiger partial charge in [-0.15, -0.1) is 0 Å². The summed E-state index contributed by atoms with van der Waals surface area (Å²) in [5.74, 6) is 0.424. The predicted octanol–water partition coefficient (Wildman–Crippen LogP) is 4.87. The summed E-state index contributed by atoms with van der Waals surface area (Å²) < 4.78 is 16.8. The molecule has 1 heterocycles. The molecule has 5 unspecified atom stereocenters. The minimum atomic E-state index is -0.771. The summed E-state index contributed by atoms with van der Waals surface area (Å²) in [5.41, 5.74) is 2.35. The van der Waals surface area contributed by atoms with Crippen molar-refractivity contribution in [2.45, 2.75) is 71.3 Å². The molecular weight excluding hydrogens is 392 g/mol. The molecule has 0 bridgehead atoms. The number of hydrogen-bond acceptors (Lipinski definition) is 5. The van der Waals surface area contributed by atoms with Gasteiger partial charge >= 0.3 is 11.9 Å². The highest BCUT2D eigenvalue weighted by atomic mass is 16.6. The van der Waals surface area contributed by atoms with Crippen LogP contribution in [0.4, 0.5) is 0 Å². The van der Waals surface area contributed by atoms with Gasteiger partial charge in [-0.1, -0.05) is 31.6 Å². The van der Waals surface area contributed by atoms with E-state index in [2.05, 4.69) is 32.1 Å². The lowest BCUT2D eigenvalue weighted by Gasteiger charge is -2.53. The van der Waals surface area contributed by atoms with E-state index < -0.39 is 23.5 Å². The molecule has 2 fully saturated rings. The minimum absolute atomic E-state index is 0.0713. The van der Waals surface area contributed by atoms with E-state index in [4.69, 9.17) is 14.2 Å². The second kappa shape index (κ2) is 6.98. The van der Waals surface area contributed by atoms with Crippen LogP contribution < -0.4 is 0 Å². The van der Waals surface area contributed by atoms with Gasteiger partial charge < -0.3 is 14.2 Å². The average Bonchev–Trinajstić information content (AvgIpc) is 3.24. The van der Waals surface area contributed by atoms with E-state index in [-0.39, 0.29) is 17.4 Å². The Balaban J connectivity index is 1.46. The van der Waals surface area contributed by atoms with Crippen LogP contribution in [0.2, 0.25) is 0 Å². The first-order chi connectivity index (χ1) is 14.8. The first-order valence-electron chi connectivity index (χ1n) is 11.8. The highest BCUT2D eigenvalue weighted by molar-refractivity contribution is 5.96. The molecule has 1 saturated carbocycles. The first kappa shape index (κ1) is 20.8. The van der Waals surface area contributed by atoms with Crippen molar-refractivity contribution in [1.29, 1.82) is 0 Å². The number of hydrogen-bond donors (Lipinski definition) is 0. The fourth-order valence-electron chi connectivity index (χ4n) is 7.51. The molecule has 6 atom stereocenters. The Hall–Kier alpha value is -2.04. The molecule has 31 heavy (non-hydrogen) atoms. The Kier molecular flexibility index (Phi) is 4.69. The van der Waals surface area contributed by atoms with Crippen molar-refractivity contribution in [3.05, 3.63) is 35.1 Å². The maximum absolute atomic E-state index is 12.7. The number of ether oxygens (including phenoxy) is 3. The molecule has 168 valence electrons.